The van der Waals surface area contributed by atoms with Gasteiger partial charge in [0.05, 0.1) is 5.56 Å². The minimum atomic E-state index is -0.516. The van der Waals surface area contributed by atoms with Gasteiger partial charge in [-0.05, 0) is 24.1 Å². The fraction of sp³-hybridized carbons (Fsp3) is 0.100. The third kappa shape index (κ3) is 2.59. The maximum absolute atomic E-state index is 11.3. The Morgan fingerprint density at radius 3 is 2.86 bits per heavy atom. The molecule has 0 saturated carbocycles. The Balaban J connectivity index is 3.06. The minimum absolute atomic E-state index is 0.120. The van der Waals surface area contributed by atoms with Crippen molar-refractivity contribution in [2.45, 2.75) is 0 Å². The van der Waals surface area contributed by atoms with Crippen molar-refractivity contribution in [2.24, 2.45) is 0 Å². The molecule has 0 aliphatic heterocycles. The number of hydrogen-bond donors (Lipinski definition) is 2. The molecular weight excluding hydrogens is 248 g/mol. The summed E-state index contributed by atoms with van der Waals surface area (Å²) in [7, 11) is 0. The number of aliphatic hydroxyl groups is 1. The van der Waals surface area contributed by atoms with Crippen LogP contribution in [0.1, 0.15) is 10.4 Å². The number of Topliss-reactive ketones (excluding diaryl/α,β-unsaturated/α-hetero) is 1. The molecule has 1 aromatic carbocycles. The highest BCUT2D eigenvalue weighted by atomic mass is 79.9. The second kappa shape index (κ2) is 4.80. The van der Waals surface area contributed by atoms with E-state index in [0.717, 1.165) is 0 Å². The molecule has 0 heterocycles. The zero-order valence-electron chi connectivity index (χ0n) is 7.12. The zero-order valence-corrected chi connectivity index (χ0v) is 8.71. The molecule has 0 atom stereocenters. The summed E-state index contributed by atoms with van der Waals surface area (Å²) in [6, 6.07) is 4.49. The van der Waals surface area contributed by atoms with Crippen LogP contribution in [0.25, 0.3) is 0 Å². The van der Waals surface area contributed by atoms with Gasteiger partial charge >= 0.3 is 0 Å². The number of benzene rings is 1. The van der Waals surface area contributed by atoms with Crippen LogP contribution in [0.3, 0.4) is 0 Å². The number of aliphatic hydroxyl groups excluding tert-OH is 1. The van der Waals surface area contributed by atoms with Crippen molar-refractivity contribution in [2.75, 3.05) is 6.61 Å². The molecule has 0 unspecified atom stereocenters. The van der Waals surface area contributed by atoms with Gasteiger partial charge in [-0.25, -0.2) is 0 Å². The number of hydrogen-bond acceptors (Lipinski definition) is 3. The van der Waals surface area contributed by atoms with Gasteiger partial charge in [-0.3, -0.25) is 4.79 Å². The number of ketones is 1. The molecule has 4 heteroatoms. The SMILES string of the molecule is O=C(C#CCO)c1cc(Br)ccc1O. The van der Waals surface area contributed by atoms with Crippen LogP contribution in [0.5, 0.6) is 5.75 Å². The summed E-state index contributed by atoms with van der Waals surface area (Å²) in [6.07, 6.45) is 0. The molecule has 1 rings (SSSR count). The number of carbonyl (C=O) groups excluding carboxylic acids is 1. The second-order valence-corrected chi connectivity index (χ2v) is 3.37. The Bertz CT molecular complexity index is 415. The molecule has 14 heavy (non-hydrogen) atoms. The lowest BCUT2D eigenvalue weighted by atomic mass is 10.1. The van der Waals surface area contributed by atoms with E-state index in [2.05, 4.69) is 27.8 Å². The van der Waals surface area contributed by atoms with Crippen LogP contribution in [0.15, 0.2) is 22.7 Å². The third-order valence-corrected chi connectivity index (χ3v) is 1.98. The largest absolute Gasteiger partial charge is 0.507 e. The van der Waals surface area contributed by atoms with Crippen molar-refractivity contribution >= 4 is 21.7 Å². The van der Waals surface area contributed by atoms with Crippen LogP contribution >= 0.6 is 15.9 Å². The van der Waals surface area contributed by atoms with E-state index in [9.17, 15) is 9.90 Å². The van der Waals surface area contributed by atoms with E-state index in [0.29, 0.717) is 4.47 Å². The summed E-state index contributed by atoms with van der Waals surface area (Å²) >= 11 is 3.17. The highest BCUT2D eigenvalue weighted by molar-refractivity contribution is 9.10. The van der Waals surface area contributed by atoms with E-state index in [-0.39, 0.29) is 17.9 Å². The first-order valence-corrected chi connectivity index (χ1v) is 4.57. The number of aromatic hydroxyl groups is 1. The number of phenolic OH excluding ortho intramolecular Hbond substituents is 1. The van der Waals surface area contributed by atoms with Crippen LogP contribution in [-0.2, 0) is 0 Å². The van der Waals surface area contributed by atoms with E-state index in [4.69, 9.17) is 5.11 Å². The number of rotatable bonds is 1. The van der Waals surface area contributed by atoms with Crippen LogP contribution in [-0.4, -0.2) is 22.6 Å². The molecule has 72 valence electrons. The maximum Gasteiger partial charge on any atom is 0.239 e. The predicted octanol–water partition coefficient (Wildman–Crippen LogP) is 1.33. The average Bonchev–Trinajstić information content (AvgIpc) is 2.18. The van der Waals surface area contributed by atoms with Gasteiger partial charge < -0.3 is 10.2 Å². The number of carbonyl (C=O) groups is 1. The smallest absolute Gasteiger partial charge is 0.239 e. The normalized spacial score (nSPS) is 9.00. The maximum atomic E-state index is 11.3. The molecule has 0 aliphatic carbocycles. The Labute approximate surface area is 89.5 Å². The summed E-state index contributed by atoms with van der Waals surface area (Å²) in [6.45, 7) is -0.374. The molecule has 3 nitrogen and oxygen atoms in total. The van der Waals surface area contributed by atoms with Gasteiger partial charge in [-0.2, -0.15) is 0 Å². The van der Waals surface area contributed by atoms with Gasteiger partial charge in [0.25, 0.3) is 0 Å². The summed E-state index contributed by atoms with van der Waals surface area (Å²) < 4.78 is 0.685. The van der Waals surface area contributed by atoms with Gasteiger partial charge in [0.15, 0.2) is 0 Å². The van der Waals surface area contributed by atoms with E-state index >= 15 is 0 Å². The lowest BCUT2D eigenvalue weighted by Gasteiger charge is -1.99. The molecular formula is C10H7BrO3. The van der Waals surface area contributed by atoms with E-state index in [1.54, 1.807) is 6.07 Å². The lowest BCUT2D eigenvalue weighted by Crippen LogP contribution is -1.96. The fourth-order valence-corrected chi connectivity index (χ4v) is 1.24. The molecule has 0 fully saturated rings. The molecule has 1 aromatic rings. The Kier molecular flexibility index (Phi) is 3.69. The highest BCUT2D eigenvalue weighted by Gasteiger charge is 2.08. The van der Waals surface area contributed by atoms with E-state index in [1.165, 1.54) is 12.1 Å². The Hall–Kier alpha value is -1.31. The van der Waals surface area contributed by atoms with Crippen molar-refractivity contribution in [3.63, 3.8) is 0 Å². The van der Waals surface area contributed by atoms with Crippen molar-refractivity contribution < 1.29 is 15.0 Å². The van der Waals surface area contributed by atoms with Crippen molar-refractivity contribution in [3.8, 4) is 17.6 Å². The van der Waals surface area contributed by atoms with Gasteiger partial charge in [-0.15, -0.1) is 0 Å². The van der Waals surface area contributed by atoms with Crippen LogP contribution in [0.4, 0.5) is 0 Å². The standard InChI is InChI=1S/C10H7BrO3/c11-7-3-4-10(14)8(6-7)9(13)2-1-5-12/h3-4,6,12,14H,5H2. The second-order valence-electron chi connectivity index (χ2n) is 2.45. The van der Waals surface area contributed by atoms with Crippen LogP contribution in [0, 0.1) is 11.8 Å². The zero-order chi connectivity index (χ0) is 10.6. The first kappa shape index (κ1) is 10.8. The van der Waals surface area contributed by atoms with Crippen molar-refractivity contribution in [1.82, 2.24) is 0 Å². The topological polar surface area (TPSA) is 57.5 Å². The lowest BCUT2D eigenvalue weighted by molar-refractivity contribution is 0.105. The summed E-state index contributed by atoms with van der Waals surface area (Å²) in [5.74, 6) is 3.78. The van der Waals surface area contributed by atoms with Crippen molar-refractivity contribution in [1.29, 1.82) is 0 Å². The van der Waals surface area contributed by atoms with E-state index < -0.39 is 5.78 Å². The average molecular weight is 255 g/mol. The quantitative estimate of drug-likeness (QED) is 0.452. The summed E-state index contributed by atoms with van der Waals surface area (Å²) in [5, 5.41) is 17.7. The first-order chi connectivity index (χ1) is 6.65. The summed E-state index contributed by atoms with van der Waals surface area (Å²) in [5.41, 5.74) is 0.125. The molecule has 0 bridgehead atoms. The Morgan fingerprint density at radius 1 is 1.50 bits per heavy atom. The first-order valence-electron chi connectivity index (χ1n) is 3.77. The molecule has 0 saturated heterocycles. The van der Waals surface area contributed by atoms with Gasteiger partial charge in [-0.1, -0.05) is 21.9 Å². The minimum Gasteiger partial charge on any atom is -0.507 e. The van der Waals surface area contributed by atoms with Crippen LogP contribution in [0.2, 0.25) is 0 Å². The van der Waals surface area contributed by atoms with Gasteiger partial charge in [0.1, 0.15) is 12.4 Å². The number of phenols is 1. The number of halogens is 1. The molecule has 2 N–H and O–H groups in total. The highest BCUT2D eigenvalue weighted by Crippen LogP contribution is 2.21. The van der Waals surface area contributed by atoms with E-state index in [1.807, 2.05) is 0 Å². The van der Waals surface area contributed by atoms with Crippen LogP contribution < -0.4 is 0 Å². The molecule has 0 aromatic heterocycles. The fourth-order valence-electron chi connectivity index (χ4n) is 0.877. The molecule has 0 spiro atoms. The predicted molar refractivity (Wildman–Crippen MR) is 55.0 cm³/mol. The molecule has 0 amide bonds. The monoisotopic (exact) mass is 254 g/mol. The summed E-state index contributed by atoms with van der Waals surface area (Å²) in [4.78, 5) is 11.3. The van der Waals surface area contributed by atoms with Gasteiger partial charge in [0.2, 0.25) is 5.78 Å². The van der Waals surface area contributed by atoms with Crippen molar-refractivity contribution in [3.05, 3.63) is 28.2 Å². The molecule has 0 aliphatic rings. The molecule has 0 radical (unpaired) electrons. The van der Waals surface area contributed by atoms with Gasteiger partial charge in [0, 0.05) is 4.47 Å². The third-order valence-electron chi connectivity index (χ3n) is 1.48. The Morgan fingerprint density at radius 2 is 2.21 bits per heavy atom.